The van der Waals surface area contributed by atoms with Crippen molar-refractivity contribution >= 4 is 37.3 Å². The van der Waals surface area contributed by atoms with Gasteiger partial charge in [-0.2, -0.15) is 4.31 Å². The summed E-state index contributed by atoms with van der Waals surface area (Å²) < 4.78 is 64.3. The van der Waals surface area contributed by atoms with Crippen molar-refractivity contribution in [2.75, 3.05) is 42.2 Å². The van der Waals surface area contributed by atoms with Gasteiger partial charge >= 0.3 is 0 Å². The average molecular weight is 560 g/mol. The molecule has 1 atom stereocenters. The number of anilines is 2. The Morgan fingerprint density at radius 1 is 0.895 bits per heavy atom. The second-order valence-electron chi connectivity index (χ2n) is 8.67. The quantitative estimate of drug-likeness (QED) is 0.427. The lowest BCUT2D eigenvalue weighted by molar-refractivity contribution is -0.116. The maximum absolute atomic E-state index is 13.0. The van der Waals surface area contributed by atoms with Crippen LogP contribution in [0, 0.1) is 0 Å². The summed E-state index contributed by atoms with van der Waals surface area (Å²) in [4.78, 5) is 13.1. The number of nitrogens with one attached hydrogen (secondary N) is 1. The van der Waals surface area contributed by atoms with Gasteiger partial charge in [0.15, 0.2) is 0 Å². The lowest BCUT2D eigenvalue weighted by atomic mass is 10.2. The van der Waals surface area contributed by atoms with E-state index in [2.05, 4.69) is 5.32 Å². The van der Waals surface area contributed by atoms with Crippen molar-refractivity contribution in [3.05, 3.63) is 78.9 Å². The number of para-hydroxylation sites is 1. The zero-order chi connectivity index (χ0) is 27.3. The van der Waals surface area contributed by atoms with E-state index in [9.17, 15) is 21.6 Å². The zero-order valence-electron chi connectivity index (χ0n) is 21.0. The summed E-state index contributed by atoms with van der Waals surface area (Å²) in [5, 5.41) is 2.67. The van der Waals surface area contributed by atoms with E-state index >= 15 is 0 Å². The maximum atomic E-state index is 13.0. The molecule has 1 amide bonds. The van der Waals surface area contributed by atoms with E-state index < -0.39 is 32.0 Å². The minimum Gasteiger partial charge on any atom is -0.457 e. The highest BCUT2D eigenvalue weighted by Gasteiger charge is 2.30. The van der Waals surface area contributed by atoms with Crippen molar-refractivity contribution in [1.29, 1.82) is 0 Å². The first-order valence-corrected chi connectivity index (χ1v) is 15.2. The Hall–Kier alpha value is -3.45. The van der Waals surface area contributed by atoms with E-state index in [1.54, 1.807) is 36.4 Å². The second-order valence-corrected chi connectivity index (χ2v) is 12.5. The molecule has 0 bridgehead atoms. The Morgan fingerprint density at radius 2 is 1.47 bits per heavy atom. The van der Waals surface area contributed by atoms with Gasteiger partial charge in [0, 0.05) is 18.8 Å². The standard InChI is InChI=1S/C26H29N3O7S2/c1-20(26(30)27-21-8-14-25(15-9-21)38(33,34)28-16-18-35-19-17-28)29(37(2,31)32)22-10-12-24(13-11-22)36-23-6-4-3-5-7-23/h3-15,20H,16-19H2,1-2H3,(H,27,30)/t20-/m0/s1. The van der Waals surface area contributed by atoms with Crippen LogP contribution in [0.15, 0.2) is 83.8 Å². The maximum Gasteiger partial charge on any atom is 0.247 e. The van der Waals surface area contributed by atoms with Crippen LogP contribution in [0.1, 0.15) is 6.92 Å². The minimum absolute atomic E-state index is 0.0982. The van der Waals surface area contributed by atoms with E-state index in [1.807, 2.05) is 18.2 Å². The molecule has 0 unspecified atom stereocenters. The Bertz CT molecular complexity index is 1460. The lowest BCUT2D eigenvalue weighted by Crippen LogP contribution is -2.45. The van der Waals surface area contributed by atoms with Gasteiger partial charge in [0.25, 0.3) is 0 Å². The van der Waals surface area contributed by atoms with E-state index in [4.69, 9.17) is 9.47 Å². The molecule has 0 aromatic heterocycles. The van der Waals surface area contributed by atoms with Gasteiger partial charge in [-0.05, 0) is 67.6 Å². The number of sulfonamides is 2. The molecule has 1 aliphatic heterocycles. The number of ether oxygens (including phenoxy) is 2. The third kappa shape index (κ3) is 6.51. The number of carbonyl (C=O) groups is 1. The number of benzene rings is 3. The summed E-state index contributed by atoms with van der Waals surface area (Å²) in [5.74, 6) is 0.568. The second kappa shape index (κ2) is 11.5. The molecular formula is C26H29N3O7S2. The van der Waals surface area contributed by atoms with Crippen LogP contribution >= 0.6 is 0 Å². The number of hydrogen-bond donors (Lipinski definition) is 1. The summed E-state index contributed by atoms with van der Waals surface area (Å²) >= 11 is 0. The Morgan fingerprint density at radius 3 is 2.05 bits per heavy atom. The van der Waals surface area contributed by atoms with Crippen molar-refractivity contribution < 1.29 is 31.1 Å². The summed E-state index contributed by atoms with van der Waals surface area (Å²) in [6.07, 6.45) is 1.02. The van der Waals surface area contributed by atoms with Gasteiger partial charge in [-0.25, -0.2) is 16.8 Å². The number of rotatable bonds is 9. The topological polar surface area (TPSA) is 122 Å². The van der Waals surface area contributed by atoms with Crippen LogP contribution in [0.2, 0.25) is 0 Å². The molecule has 1 N–H and O–H groups in total. The van der Waals surface area contributed by atoms with Crippen LogP contribution in [-0.4, -0.2) is 65.6 Å². The Balaban J connectivity index is 1.46. The van der Waals surface area contributed by atoms with Gasteiger partial charge < -0.3 is 14.8 Å². The SMILES string of the molecule is C[C@@H](C(=O)Nc1ccc(S(=O)(=O)N2CCOCC2)cc1)N(c1ccc(Oc2ccccc2)cc1)S(C)(=O)=O. The monoisotopic (exact) mass is 559 g/mol. The molecule has 12 heteroatoms. The third-order valence-electron chi connectivity index (χ3n) is 5.89. The minimum atomic E-state index is -3.83. The summed E-state index contributed by atoms with van der Waals surface area (Å²) in [6, 6.07) is 20.2. The molecular weight excluding hydrogens is 530 g/mol. The molecule has 1 saturated heterocycles. The number of morpholine rings is 1. The largest absolute Gasteiger partial charge is 0.457 e. The molecule has 3 aromatic rings. The van der Waals surface area contributed by atoms with E-state index in [-0.39, 0.29) is 18.0 Å². The fraction of sp³-hybridized carbons (Fsp3) is 0.269. The summed E-state index contributed by atoms with van der Waals surface area (Å²) in [7, 11) is -7.50. The average Bonchev–Trinajstić information content (AvgIpc) is 2.90. The summed E-state index contributed by atoms with van der Waals surface area (Å²) in [6.45, 7) is 2.70. The first-order valence-electron chi connectivity index (χ1n) is 11.9. The normalized spacial score (nSPS) is 15.4. The van der Waals surface area contributed by atoms with Crippen molar-refractivity contribution in [2.45, 2.75) is 17.9 Å². The number of hydrogen-bond acceptors (Lipinski definition) is 7. The van der Waals surface area contributed by atoms with Gasteiger partial charge in [0.05, 0.1) is 30.1 Å². The van der Waals surface area contributed by atoms with Crippen LogP contribution in [0.5, 0.6) is 11.5 Å². The van der Waals surface area contributed by atoms with Crippen molar-refractivity contribution in [1.82, 2.24) is 4.31 Å². The lowest BCUT2D eigenvalue weighted by Gasteiger charge is -2.28. The Labute approximate surface area is 222 Å². The van der Waals surface area contributed by atoms with Gasteiger partial charge in [0.1, 0.15) is 17.5 Å². The highest BCUT2D eigenvalue weighted by Crippen LogP contribution is 2.27. The van der Waals surface area contributed by atoms with Gasteiger partial charge in [-0.1, -0.05) is 18.2 Å². The first-order chi connectivity index (χ1) is 18.1. The molecule has 1 fully saturated rings. The fourth-order valence-electron chi connectivity index (χ4n) is 3.99. The highest BCUT2D eigenvalue weighted by molar-refractivity contribution is 7.92. The smallest absolute Gasteiger partial charge is 0.247 e. The van der Waals surface area contributed by atoms with Crippen molar-refractivity contribution in [2.24, 2.45) is 0 Å². The van der Waals surface area contributed by atoms with Crippen molar-refractivity contribution in [3.8, 4) is 11.5 Å². The molecule has 10 nitrogen and oxygen atoms in total. The number of nitrogens with zero attached hydrogens (tertiary/aromatic N) is 2. The van der Waals surface area contributed by atoms with Gasteiger partial charge in [0.2, 0.25) is 26.0 Å². The van der Waals surface area contributed by atoms with Crippen LogP contribution in [0.4, 0.5) is 11.4 Å². The Kier molecular flexibility index (Phi) is 8.36. The number of amides is 1. The fourth-order valence-corrected chi connectivity index (χ4v) is 6.57. The zero-order valence-corrected chi connectivity index (χ0v) is 22.6. The van der Waals surface area contributed by atoms with E-state index in [0.29, 0.717) is 36.1 Å². The highest BCUT2D eigenvalue weighted by atomic mass is 32.2. The molecule has 1 heterocycles. The molecule has 1 aliphatic rings. The summed E-state index contributed by atoms with van der Waals surface area (Å²) in [5.41, 5.74) is 0.630. The van der Waals surface area contributed by atoms with Crippen LogP contribution in [-0.2, 0) is 29.6 Å². The third-order valence-corrected chi connectivity index (χ3v) is 9.04. The molecule has 4 rings (SSSR count). The van der Waals surface area contributed by atoms with Crippen LogP contribution in [0.3, 0.4) is 0 Å². The van der Waals surface area contributed by atoms with Gasteiger partial charge in [-0.15, -0.1) is 0 Å². The molecule has 202 valence electrons. The van der Waals surface area contributed by atoms with E-state index in [0.717, 1.165) is 10.6 Å². The molecule has 0 aliphatic carbocycles. The first kappa shape index (κ1) is 27.6. The predicted molar refractivity (Wildman–Crippen MR) is 144 cm³/mol. The van der Waals surface area contributed by atoms with Crippen molar-refractivity contribution in [3.63, 3.8) is 0 Å². The molecule has 0 spiro atoms. The molecule has 38 heavy (non-hydrogen) atoms. The predicted octanol–water partition coefficient (Wildman–Crippen LogP) is 3.29. The van der Waals surface area contributed by atoms with E-state index in [1.165, 1.54) is 35.5 Å². The molecule has 0 radical (unpaired) electrons. The number of carbonyl (C=O) groups excluding carboxylic acids is 1. The molecule has 0 saturated carbocycles. The molecule has 3 aromatic carbocycles. The van der Waals surface area contributed by atoms with Gasteiger partial charge in [-0.3, -0.25) is 9.10 Å². The van der Waals surface area contributed by atoms with Crippen LogP contribution in [0.25, 0.3) is 0 Å². The van der Waals surface area contributed by atoms with Crippen LogP contribution < -0.4 is 14.4 Å².